The van der Waals surface area contributed by atoms with E-state index < -0.39 is 0 Å². The lowest BCUT2D eigenvalue weighted by Crippen LogP contribution is -2.20. The summed E-state index contributed by atoms with van der Waals surface area (Å²) in [5.41, 5.74) is 7.54. The average Bonchev–Trinajstić information content (AvgIpc) is 2.83. The number of nitrogens with one attached hydrogen (secondary N) is 1. The van der Waals surface area contributed by atoms with E-state index in [0.717, 1.165) is 18.4 Å². The zero-order chi connectivity index (χ0) is 11.2. The molecule has 0 spiro atoms. The second kappa shape index (κ2) is 3.33. The third-order valence-electron chi connectivity index (χ3n) is 2.73. The Kier molecular flexibility index (Phi) is 2.05. The van der Waals surface area contributed by atoms with E-state index in [0.29, 0.717) is 16.1 Å². The van der Waals surface area contributed by atoms with Crippen LogP contribution in [-0.2, 0) is 5.54 Å². The summed E-state index contributed by atoms with van der Waals surface area (Å²) in [4.78, 5) is 4.03. The molecule has 0 amide bonds. The Morgan fingerprint density at radius 1 is 1.38 bits per heavy atom. The van der Waals surface area contributed by atoms with Crippen LogP contribution in [-0.4, -0.2) is 25.4 Å². The minimum atomic E-state index is -0.246. The summed E-state index contributed by atoms with van der Waals surface area (Å²) < 4.78 is 0.704. The highest BCUT2D eigenvalue weighted by Gasteiger charge is 2.42. The van der Waals surface area contributed by atoms with Gasteiger partial charge in [-0.15, -0.1) is 10.2 Å². The molecule has 2 aromatic rings. The summed E-state index contributed by atoms with van der Waals surface area (Å²) in [5, 5.41) is 14.6. The third-order valence-corrected chi connectivity index (χ3v) is 3.32. The molecule has 16 heavy (non-hydrogen) atoms. The summed E-state index contributed by atoms with van der Waals surface area (Å²) in [6.07, 6.45) is 3.40. The van der Waals surface area contributed by atoms with Gasteiger partial charge in [-0.1, -0.05) is 0 Å². The highest BCUT2D eigenvalue weighted by Crippen LogP contribution is 2.45. The van der Waals surface area contributed by atoms with Crippen molar-refractivity contribution in [3.63, 3.8) is 0 Å². The molecule has 0 saturated heterocycles. The van der Waals surface area contributed by atoms with Crippen molar-refractivity contribution in [2.75, 3.05) is 0 Å². The van der Waals surface area contributed by atoms with Gasteiger partial charge < -0.3 is 5.73 Å². The fourth-order valence-electron chi connectivity index (χ4n) is 1.57. The van der Waals surface area contributed by atoms with E-state index in [4.69, 9.17) is 5.73 Å². The minimum Gasteiger partial charge on any atom is -0.321 e. The lowest BCUT2D eigenvalue weighted by Gasteiger charge is -2.10. The van der Waals surface area contributed by atoms with Gasteiger partial charge in [-0.25, -0.2) is 4.98 Å². The molecule has 6 nitrogen and oxygen atoms in total. The van der Waals surface area contributed by atoms with Crippen molar-refractivity contribution in [3.05, 3.63) is 22.6 Å². The molecular weight excluding hydrogens is 272 g/mol. The fraction of sp³-hybridized carbons (Fsp3) is 0.333. The van der Waals surface area contributed by atoms with Gasteiger partial charge in [0.05, 0.1) is 0 Å². The first kappa shape index (κ1) is 9.86. The van der Waals surface area contributed by atoms with E-state index in [1.165, 1.54) is 6.33 Å². The predicted octanol–water partition coefficient (Wildman–Crippen LogP) is 0.972. The molecule has 0 aromatic carbocycles. The Hall–Kier alpha value is -1.34. The molecular formula is C9H9BrN6. The molecule has 3 rings (SSSR count). The number of hydrogen-bond acceptors (Lipinski definition) is 5. The third kappa shape index (κ3) is 1.52. The van der Waals surface area contributed by atoms with E-state index >= 15 is 0 Å². The van der Waals surface area contributed by atoms with Gasteiger partial charge in [0.25, 0.3) is 0 Å². The zero-order valence-electron chi connectivity index (χ0n) is 8.31. The van der Waals surface area contributed by atoms with Crippen LogP contribution >= 0.6 is 15.9 Å². The zero-order valence-corrected chi connectivity index (χ0v) is 9.90. The molecule has 3 N–H and O–H groups in total. The highest BCUT2D eigenvalue weighted by atomic mass is 79.9. The lowest BCUT2D eigenvalue weighted by molar-refractivity contribution is 0.720. The van der Waals surface area contributed by atoms with Crippen LogP contribution in [0.2, 0.25) is 0 Å². The van der Waals surface area contributed by atoms with Crippen LogP contribution < -0.4 is 5.73 Å². The molecule has 0 atom stereocenters. The van der Waals surface area contributed by atoms with Crippen molar-refractivity contribution in [1.29, 1.82) is 0 Å². The van der Waals surface area contributed by atoms with E-state index in [9.17, 15) is 0 Å². The summed E-state index contributed by atoms with van der Waals surface area (Å²) in [6, 6.07) is 1.91. The maximum absolute atomic E-state index is 6.15. The van der Waals surface area contributed by atoms with Crippen LogP contribution in [0, 0.1) is 0 Å². The normalized spacial score (nSPS) is 17.4. The molecule has 0 bridgehead atoms. The summed E-state index contributed by atoms with van der Waals surface area (Å²) >= 11 is 3.37. The van der Waals surface area contributed by atoms with Crippen LogP contribution in [0.5, 0.6) is 0 Å². The maximum Gasteiger partial charge on any atom is 0.176 e. The topological polar surface area (TPSA) is 93.4 Å². The maximum atomic E-state index is 6.15. The van der Waals surface area contributed by atoms with Crippen molar-refractivity contribution < 1.29 is 0 Å². The molecule has 0 aliphatic heterocycles. The quantitative estimate of drug-likeness (QED) is 0.855. The van der Waals surface area contributed by atoms with Gasteiger partial charge in [-0.05, 0) is 34.8 Å². The number of rotatable bonds is 2. The van der Waals surface area contributed by atoms with Crippen LogP contribution in [0.15, 0.2) is 17.0 Å². The average molecular weight is 281 g/mol. The molecule has 1 saturated carbocycles. The smallest absolute Gasteiger partial charge is 0.176 e. The van der Waals surface area contributed by atoms with Crippen molar-refractivity contribution in [2.24, 2.45) is 5.73 Å². The molecule has 1 aliphatic rings. The Morgan fingerprint density at radius 2 is 2.19 bits per heavy atom. The first-order valence-corrected chi connectivity index (χ1v) is 5.67. The van der Waals surface area contributed by atoms with Crippen molar-refractivity contribution in [3.8, 4) is 11.5 Å². The van der Waals surface area contributed by atoms with E-state index in [-0.39, 0.29) is 5.54 Å². The number of nitrogens with two attached hydrogens (primary N) is 1. The molecule has 2 heterocycles. The number of nitrogens with zero attached hydrogens (tertiary/aromatic N) is 4. The number of aromatic nitrogens is 5. The second-order valence-electron chi connectivity index (χ2n) is 3.92. The molecule has 1 fully saturated rings. The molecule has 0 unspecified atom stereocenters. The van der Waals surface area contributed by atoms with Gasteiger partial charge >= 0.3 is 0 Å². The first-order valence-electron chi connectivity index (χ1n) is 4.87. The SMILES string of the molecule is NC1(c2cc(-c3ncn[nH]3)nnc2Br)CC1. The minimum absolute atomic E-state index is 0.246. The molecule has 82 valence electrons. The van der Waals surface area contributed by atoms with Crippen LogP contribution in [0.25, 0.3) is 11.5 Å². The summed E-state index contributed by atoms with van der Waals surface area (Å²) in [7, 11) is 0. The highest BCUT2D eigenvalue weighted by molar-refractivity contribution is 9.10. The van der Waals surface area contributed by atoms with Gasteiger partial charge in [0.15, 0.2) is 5.82 Å². The fourth-order valence-corrected chi connectivity index (χ4v) is 2.16. The Bertz CT molecular complexity index is 519. The number of H-pyrrole nitrogens is 1. The molecule has 7 heteroatoms. The Morgan fingerprint density at radius 3 is 2.81 bits per heavy atom. The van der Waals surface area contributed by atoms with Gasteiger partial charge in [0, 0.05) is 11.1 Å². The van der Waals surface area contributed by atoms with Crippen LogP contribution in [0.4, 0.5) is 0 Å². The van der Waals surface area contributed by atoms with E-state index in [2.05, 4.69) is 41.3 Å². The number of halogens is 1. The lowest BCUT2D eigenvalue weighted by atomic mass is 10.1. The van der Waals surface area contributed by atoms with Crippen LogP contribution in [0.3, 0.4) is 0 Å². The predicted molar refractivity (Wildman–Crippen MR) is 60.2 cm³/mol. The molecule has 2 aromatic heterocycles. The van der Waals surface area contributed by atoms with Crippen LogP contribution in [0.1, 0.15) is 18.4 Å². The number of hydrogen-bond donors (Lipinski definition) is 2. The first-order chi connectivity index (χ1) is 7.69. The van der Waals surface area contributed by atoms with E-state index in [1.54, 1.807) is 0 Å². The Labute approximate surface area is 99.8 Å². The molecule has 0 radical (unpaired) electrons. The van der Waals surface area contributed by atoms with Crippen molar-refractivity contribution in [2.45, 2.75) is 18.4 Å². The van der Waals surface area contributed by atoms with Gasteiger partial charge in [0.2, 0.25) is 0 Å². The van der Waals surface area contributed by atoms with Crippen molar-refractivity contribution >= 4 is 15.9 Å². The summed E-state index contributed by atoms with van der Waals surface area (Å²) in [5.74, 6) is 0.602. The van der Waals surface area contributed by atoms with Gasteiger partial charge in [-0.3, -0.25) is 5.10 Å². The number of aromatic amines is 1. The van der Waals surface area contributed by atoms with Crippen molar-refractivity contribution in [1.82, 2.24) is 25.4 Å². The second-order valence-corrected chi connectivity index (χ2v) is 4.68. The molecule has 1 aliphatic carbocycles. The summed E-state index contributed by atoms with van der Waals surface area (Å²) in [6.45, 7) is 0. The Balaban J connectivity index is 2.09. The standard InChI is InChI=1S/C9H9BrN6/c10-7-5(9(11)1-2-9)3-6(14-15-7)8-12-4-13-16-8/h3-4H,1-2,11H2,(H,12,13,16). The largest absolute Gasteiger partial charge is 0.321 e. The van der Waals surface area contributed by atoms with Gasteiger partial charge in [0.1, 0.15) is 16.6 Å². The van der Waals surface area contributed by atoms with E-state index in [1.807, 2.05) is 6.07 Å². The monoisotopic (exact) mass is 280 g/mol. The van der Waals surface area contributed by atoms with Gasteiger partial charge in [-0.2, -0.15) is 5.10 Å².